The van der Waals surface area contributed by atoms with Crippen molar-refractivity contribution in [3.8, 4) is 0 Å². The maximum Gasteiger partial charge on any atom is 6.00 e. The van der Waals surface area contributed by atoms with Crippen LogP contribution in [0.2, 0.25) is 0 Å². The Bertz CT molecular complexity index is 1920. The molecular weight excluding hydrogens is 1680 g/mol. The van der Waals surface area contributed by atoms with Crippen LogP contribution in [-0.4, -0.2) is 117 Å². The molecule has 0 bridgehead atoms. The van der Waals surface area contributed by atoms with Crippen molar-refractivity contribution in [2.75, 3.05) is 39.6 Å². The van der Waals surface area contributed by atoms with E-state index in [4.69, 9.17) is 0 Å². The molecular formula is C72H150O24S6U. The molecule has 0 spiro atoms. The summed E-state index contributed by atoms with van der Waals surface area (Å²) in [6.45, 7) is 13.5. The third kappa shape index (κ3) is 145. The first-order valence-electron chi connectivity index (χ1n) is 40.0. The van der Waals surface area contributed by atoms with Crippen molar-refractivity contribution in [1.29, 1.82) is 0 Å². The van der Waals surface area contributed by atoms with Crippen LogP contribution in [0, 0.1) is 31.1 Å². The van der Waals surface area contributed by atoms with E-state index in [1.807, 2.05) is 0 Å². The SMILES string of the molecule is CCCCCCCCCCCCOS(=O)(=O)[O-].CCCCCCCCCCCCOS(=O)(=O)[O-].CCCCCCCCCCCCOS(=O)(=O)[O-].CCCCCCCCCCCCOS(=O)(=O)[O-].CCCCCCCCCCCCOS(=O)(=O)[O-].CCCCCCCCCCCCOS(=O)(=O)[O-].[U+6]. The van der Waals surface area contributed by atoms with Crippen molar-refractivity contribution < 1.29 is 134 Å². The molecule has 103 heavy (non-hydrogen) atoms. The molecule has 0 aliphatic carbocycles. The third-order valence-electron chi connectivity index (χ3n) is 16.4. The van der Waals surface area contributed by atoms with E-state index in [2.05, 4.69) is 66.6 Å². The summed E-state index contributed by atoms with van der Waals surface area (Å²) in [6.07, 6.45) is 70.2. The molecule has 0 rings (SSSR count). The molecule has 0 aromatic carbocycles. The van der Waals surface area contributed by atoms with Crippen molar-refractivity contribution in [2.45, 2.75) is 427 Å². The first-order chi connectivity index (χ1) is 48.4. The molecule has 0 amide bonds. The minimum atomic E-state index is -4.48. The minimum Gasteiger partial charge on any atom is -0.726 e. The van der Waals surface area contributed by atoms with Gasteiger partial charge in [-0.3, -0.25) is 25.1 Å². The zero-order valence-electron chi connectivity index (χ0n) is 65.4. The summed E-state index contributed by atoms with van der Waals surface area (Å²) in [5, 5.41) is 0. The van der Waals surface area contributed by atoms with Crippen LogP contribution in [-0.2, 0) is 87.5 Å². The van der Waals surface area contributed by atoms with Crippen molar-refractivity contribution in [2.24, 2.45) is 0 Å². The molecule has 622 valence electrons. The largest absolute Gasteiger partial charge is 6.00 e. The van der Waals surface area contributed by atoms with Gasteiger partial charge in [-0.25, -0.2) is 50.5 Å². The maximum atomic E-state index is 10.1. The fourth-order valence-electron chi connectivity index (χ4n) is 10.5. The van der Waals surface area contributed by atoms with Gasteiger partial charge in [0.1, 0.15) is 0 Å². The second kappa shape index (κ2) is 89.5. The normalized spacial score (nSPS) is 11.8. The summed E-state index contributed by atoms with van der Waals surface area (Å²) in [4.78, 5) is 0. The Balaban J connectivity index is -0.000000214. The molecule has 0 heterocycles. The van der Waals surface area contributed by atoms with Crippen LogP contribution in [0.15, 0.2) is 0 Å². The summed E-state index contributed by atoms with van der Waals surface area (Å²) in [7, 11) is -26.9. The fourth-order valence-corrected chi connectivity index (χ4v) is 12.4. The van der Waals surface area contributed by atoms with Crippen molar-refractivity contribution in [3.63, 3.8) is 0 Å². The summed E-state index contributed by atoms with van der Waals surface area (Å²) < 4.78 is 207. The standard InChI is InChI=1S/6C12H26O4S.U/c6*1-2-3-4-5-6-7-8-9-10-11-12-16-17(13,14)15;/h6*2-12H2,1H3,(H,13,14,15);/q;;;;;;+6/p-6. The van der Waals surface area contributed by atoms with Gasteiger partial charge in [-0.05, 0) is 38.5 Å². The smallest absolute Gasteiger partial charge is 0.726 e. The first kappa shape index (κ1) is 117. The Morgan fingerprint density at radius 3 is 0.282 bits per heavy atom. The van der Waals surface area contributed by atoms with E-state index in [0.717, 1.165) is 77.0 Å². The van der Waals surface area contributed by atoms with Crippen LogP contribution in [0.3, 0.4) is 0 Å². The van der Waals surface area contributed by atoms with E-state index in [-0.39, 0.29) is 70.8 Å². The zero-order valence-corrected chi connectivity index (χ0v) is 74.5. The van der Waals surface area contributed by atoms with E-state index in [1.54, 1.807) is 0 Å². The molecule has 0 atom stereocenters. The topological polar surface area (TPSA) is 399 Å². The third-order valence-corrected chi connectivity index (χ3v) is 19.1. The average molecular weight is 1830 g/mol. The van der Waals surface area contributed by atoms with Gasteiger partial charge in [0.2, 0.25) is 62.4 Å². The van der Waals surface area contributed by atoms with Gasteiger partial charge in [-0.15, -0.1) is 0 Å². The van der Waals surface area contributed by atoms with Crippen LogP contribution < -0.4 is 0 Å². The molecule has 0 saturated carbocycles. The molecule has 0 radical (unpaired) electrons. The number of hydrogen-bond donors (Lipinski definition) is 0. The van der Waals surface area contributed by atoms with Gasteiger partial charge in [0.25, 0.3) is 0 Å². The molecule has 0 aliphatic rings. The molecule has 0 aliphatic heterocycles. The molecule has 0 fully saturated rings. The van der Waals surface area contributed by atoms with E-state index in [9.17, 15) is 77.8 Å². The van der Waals surface area contributed by atoms with Gasteiger partial charge in [-0.2, -0.15) is 0 Å². The Labute approximate surface area is 657 Å². The second-order valence-corrected chi connectivity index (χ2v) is 32.8. The van der Waals surface area contributed by atoms with Gasteiger partial charge in [-0.1, -0.05) is 388 Å². The van der Waals surface area contributed by atoms with Crippen LogP contribution in [0.4, 0.5) is 0 Å². The molecule has 0 saturated heterocycles. The van der Waals surface area contributed by atoms with Gasteiger partial charge < -0.3 is 27.3 Å². The van der Waals surface area contributed by atoms with E-state index in [0.29, 0.717) is 38.5 Å². The van der Waals surface area contributed by atoms with Crippen LogP contribution in [0.25, 0.3) is 0 Å². The predicted molar refractivity (Wildman–Crippen MR) is 405 cm³/mol. The molecule has 31 heteroatoms. The summed E-state index contributed by atoms with van der Waals surface area (Å²) in [6, 6.07) is 0. The molecule has 0 aromatic rings. The molecule has 24 nitrogen and oxygen atoms in total. The van der Waals surface area contributed by atoms with Crippen molar-refractivity contribution in [1.82, 2.24) is 0 Å². The van der Waals surface area contributed by atoms with E-state index in [1.165, 1.54) is 270 Å². The van der Waals surface area contributed by atoms with Crippen molar-refractivity contribution >= 4 is 62.4 Å². The summed E-state index contributed by atoms with van der Waals surface area (Å²) in [5.74, 6) is 0. The monoisotopic (exact) mass is 1830 g/mol. The Morgan fingerprint density at radius 2 is 0.214 bits per heavy atom. The van der Waals surface area contributed by atoms with Crippen molar-refractivity contribution in [3.05, 3.63) is 0 Å². The van der Waals surface area contributed by atoms with Gasteiger partial charge in [0.15, 0.2) is 0 Å². The van der Waals surface area contributed by atoms with E-state index >= 15 is 0 Å². The summed E-state index contributed by atoms with van der Waals surface area (Å²) >= 11 is 0. The zero-order chi connectivity index (χ0) is 77.9. The van der Waals surface area contributed by atoms with E-state index < -0.39 is 62.4 Å². The second-order valence-electron chi connectivity index (χ2n) is 26.5. The quantitative estimate of drug-likeness (QED) is 0.0310. The summed E-state index contributed by atoms with van der Waals surface area (Å²) in [5.41, 5.74) is 0. The van der Waals surface area contributed by atoms with Crippen LogP contribution in [0.1, 0.15) is 427 Å². The number of rotatable bonds is 72. The Morgan fingerprint density at radius 1 is 0.146 bits per heavy atom. The molecule has 0 N–H and O–H groups in total. The van der Waals surface area contributed by atoms with Gasteiger partial charge in [0.05, 0.1) is 39.6 Å². The molecule has 0 unspecified atom stereocenters. The minimum absolute atomic E-state index is 0. The van der Waals surface area contributed by atoms with Gasteiger partial charge in [0, 0.05) is 0 Å². The van der Waals surface area contributed by atoms with Crippen LogP contribution in [0.5, 0.6) is 0 Å². The van der Waals surface area contributed by atoms with Crippen LogP contribution >= 0.6 is 0 Å². The first-order valence-corrected chi connectivity index (χ1v) is 48.0. The number of unbranched alkanes of at least 4 members (excludes halogenated alkanes) is 54. The predicted octanol–water partition coefficient (Wildman–Crippen LogP) is 20.3. The number of hydrogen-bond acceptors (Lipinski definition) is 24. The van der Waals surface area contributed by atoms with Gasteiger partial charge >= 0.3 is 31.1 Å². The average Bonchev–Trinajstić information content (AvgIpc) is 1.19. The Kier molecular flexibility index (Phi) is 101. The maximum absolute atomic E-state index is 10.1. The Hall–Kier alpha value is 0.272. The molecule has 0 aromatic heterocycles. The fraction of sp³-hybridized carbons (Fsp3) is 1.00.